The third kappa shape index (κ3) is 2.96. The SMILES string of the molecule is OC(Cc1cc(Cl)ccc1Cl)c1ccoc1Cl. The smallest absolute Gasteiger partial charge is 0.198 e. The monoisotopic (exact) mass is 290 g/mol. The van der Waals surface area contributed by atoms with Gasteiger partial charge in [0.2, 0.25) is 0 Å². The molecule has 2 nitrogen and oxygen atoms in total. The summed E-state index contributed by atoms with van der Waals surface area (Å²) < 4.78 is 4.92. The van der Waals surface area contributed by atoms with Crippen LogP contribution in [0.5, 0.6) is 0 Å². The quantitative estimate of drug-likeness (QED) is 0.902. The number of aliphatic hydroxyl groups excluding tert-OH is 1. The fourth-order valence-corrected chi connectivity index (χ4v) is 2.19. The van der Waals surface area contributed by atoms with Crippen molar-refractivity contribution < 1.29 is 9.52 Å². The predicted molar refractivity (Wildman–Crippen MR) is 68.8 cm³/mol. The van der Waals surface area contributed by atoms with Gasteiger partial charge in [-0.25, -0.2) is 0 Å². The maximum atomic E-state index is 10.0. The van der Waals surface area contributed by atoms with Crippen LogP contribution in [0.25, 0.3) is 0 Å². The van der Waals surface area contributed by atoms with Crippen LogP contribution in [0, 0.1) is 0 Å². The summed E-state index contributed by atoms with van der Waals surface area (Å²) in [7, 11) is 0. The van der Waals surface area contributed by atoms with Gasteiger partial charge in [0.1, 0.15) is 0 Å². The zero-order chi connectivity index (χ0) is 12.4. The van der Waals surface area contributed by atoms with Gasteiger partial charge in [0.05, 0.1) is 12.4 Å². The minimum atomic E-state index is -0.766. The van der Waals surface area contributed by atoms with Gasteiger partial charge in [0, 0.05) is 22.0 Å². The molecule has 0 aliphatic carbocycles. The van der Waals surface area contributed by atoms with Crippen molar-refractivity contribution in [3.63, 3.8) is 0 Å². The normalized spacial score (nSPS) is 12.7. The van der Waals surface area contributed by atoms with Crippen LogP contribution in [-0.2, 0) is 6.42 Å². The Morgan fingerprint density at radius 1 is 1.18 bits per heavy atom. The second-order valence-electron chi connectivity index (χ2n) is 3.61. The Balaban J connectivity index is 2.21. The van der Waals surface area contributed by atoms with Crippen LogP contribution >= 0.6 is 34.8 Å². The Hall–Kier alpha value is -0.670. The van der Waals surface area contributed by atoms with Crippen LogP contribution in [0.2, 0.25) is 15.3 Å². The molecular weight excluding hydrogens is 282 g/mol. The number of furan rings is 1. The highest BCUT2D eigenvalue weighted by atomic mass is 35.5. The van der Waals surface area contributed by atoms with Crippen LogP contribution < -0.4 is 0 Å². The van der Waals surface area contributed by atoms with Crippen molar-refractivity contribution in [3.8, 4) is 0 Å². The zero-order valence-electron chi connectivity index (χ0n) is 8.66. The predicted octanol–water partition coefficient (Wildman–Crippen LogP) is 4.52. The number of hydrogen-bond acceptors (Lipinski definition) is 2. The Bertz CT molecular complexity index is 522. The van der Waals surface area contributed by atoms with Crippen LogP contribution in [-0.4, -0.2) is 5.11 Å². The van der Waals surface area contributed by atoms with Crippen molar-refractivity contribution in [1.29, 1.82) is 0 Å². The van der Waals surface area contributed by atoms with Crippen molar-refractivity contribution in [1.82, 2.24) is 0 Å². The molecule has 1 aromatic heterocycles. The Morgan fingerprint density at radius 3 is 2.59 bits per heavy atom. The molecule has 1 N–H and O–H groups in total. The summed E-state index contributed by atoms with van der Waals surface area (Å²) in [5, 5.41) is 11.3. The van der Waals surface area contributed by atoms with Crippen LogP contribution in [0.3, 0.4) is 0 Å². The Kier molecular flexibility index (Phi) is 4.00. The number of aliphatic hydroxyl groups is 1. The molecule has 90 valence electrons. The van der Waals surface area contributed by atoms with Crippen LogP contribution in [0.15, 0.2) is 34.9 Å². The first kappa shape index (κ1) is 12.8. The standard InChI is InChI=1S/C12H9Cl3O2/c13-8-1-2-10(14)7(5-8)6-11(16)9-3-4-17-12(9)15/h1-5,11,16H,6H2. The molecule has 2 aromatic rings. The molecule has 17 heavy (non-hydrogen) atoms. The van der Waals surface area contributed by atoms with E-state index in [1.807, 2.05) is 0 Å². The van der Waals surface area contributed by atoms with Crippen LogP contribution in [0.4, 0.5) is 0 Å². The highest BCUT2D eigenvalue weighted by Gasteiger charge is 2.16. The molecule has 0 aliphatic heterocycles. The van der Waals surface area contributed by atoms with Gasteiger partial charge >= 0.3 is 0 Å². The van der Waals surface area contributed by atoms with Gasteiger partial charge in [-0.15, -0.1) is 0 Å². The Labute approximate surface area is 114 Å². The van der Waals surface area contributed by atoms with E-state index in [1.54, 1.807) is 24.3 Å². The molecule has 1 aromatic carbocycles. The Morgan fingerprint density at radius 2 is 1.94 bits per heavy atom. The van der Waals surface area contributed by atoms with Crippen molar-refractivity contribution in [2.45, 2.75) is 12.5 Å². The summed E-state index contributed by atoms with van der Waals surface area (Å²) in [6, 6.07) is 6.75. The summed E-state index contributed by atoms with van der Waals surface area (Å²) in [5.74, 6) is 0. The first-order valence-electron chi connectivity index (χ1n) is 4.93. The van der Waals surface area contributed by atoms with E-state index >= 15 is 0 Å². The number of rotatable bonds is 3. The molecular formula is C12H9Cl3O2. The van der Waals surface area contributed by atoms with Crippen molar-refractivity contribution in [2.75, 3.05) is 0 Å². The largest absolute Gasteiger partial charge is 0.453 e. The summed E-state index contributed by atoms with van der Waals surface area (Å²) in [4.78, 5) is 0. The summed E-state index contributed by atoms with van der Waals surface area (Å²) in [5.41, 5.74) is 1.31. The lowest BCUT2D eigenvalue weighted by molar-refractivity contribution is 0.177. The average molecular weight is 292 g/mol. The fourth-order valence-electron chi connectivity index (χ4n) is 1.56. The third-order valence-electron chi connectivity index (χ3n) is 2.43. The molecule has 1 heterocycles. The first-order chi connectivity index (χ1) is 8.08. The van der Waals surface area contributed by atoms with Gasteiger partial charge in [-0.1, -0.05) is 23.2 Å². The molecule has 0 spiro atoms. The van der Waals surface area contributed by atoms with Crippen molar-refractivity contribution >= 4 is 34.8 Å². The van der Waals surface area contributed by atoms with Gasteiger partial charge in [-0.3, -0.25) is 0 Å². The van der Waals surface area contributed by atoms with Crippen molar-refractivity contribution in [3.05, 3.63) is 56.9 Å². The third-order valence-corrected chi connectivity index (χ3v) is 3.34. The maximum absolute atomic E-state index is 10.0. The van der Waals surface area contributed by atoms with E-state index in [-0.39, 0.29) is 5.22 Å². The van der Waals surface area contributed by atoms with E-state index in [2.05, 4.69) is 0 Å². The number of hydrogen-bond donors (Lipinski definition) is 1. The van der Waals surface area contributed by atoms with E-state index in [0.717, 1.165) is 5.56 Å². The summed E-state index contributed by atoms with van der Waals surface area (Å²) >= 11 is 17.7. The summed E-state index contributed by atoms with van der Waals surface area (Å²) in [6.45, 7) is 0. The van der Waals surface area contributed by atoms with E-state index in [4.69, 9.17) is 39.2 Å². The highest BCUT2D eigenvalue weighted by Crippen LogP contribution is 2.29. The van der Waals surface area contributed by atoms with E-state index in [9.17, 15) is 5.11 Å². The second kappa shape index (κ2) is 5.32. The number of halogens is 3. The van der Waals surface area contributed by atoms with Crippen molar-refractivity contribution in [2.24, 2.45) is 0 Å². The molecule has 0 amide bonds. The van der Waals surface area contributed by atoms with Gasteiger partial charge in [-0.05, 0) is 41.4 Å². The molecule has 1 unspecified atom stereocenters. The fraction of sp³-hybridized carbons (Fsp3) is 0.167. The molecule has 0 saturated heterocycles. The van der Waals surface area contributed by atoms with Gasteiger partial charge in [-0.2, -0.15) is 0 Å². The lowest BCUT2D eigenvalue weighted by Gasteiger charge is -2.10. The van der Waals surface area contributed by atoms with Gasteiger partial charge < -0.3 is 9.52 Å². The van der Waals surface area contributed by atoms with E-state index < -0.39 is 6.10 Å². The molecule has 1 atom stereocenters. The zero-order valence-corrected chi connectivity index (χ0v) is 10.9. The molecule has 2 rings (SSSR count). The summed E-state index contributed by atoms with van der Waals surface area (Å²) in [6.07, 6.45) is 0.997. The lowest BCUT2D eigenvalue weighted by atomic mass is 10.0. The van der Waals surface area contributed by atoms with Gasteiger partial charge in [0.15, 0.2) is 5.22 Å². The second-order valence-corrected chi connectivity index (χ2v) is 4.79. The average Bonchev–Trinajstić information content (AvgIpc) is 2.70. The molecule has 0 aliphatic rings. The van der Waals surface area contributed by atoms with Gasteiger partial charge in [0.25, 0.3) is 0 Å². The number of benzene rings is 1. The molecule has 5 heteroatoms. The van der Waals surface area contributed by atoms with E-state index in [1.165, 1.54) is 6.26 Å². The molecule has 0 radical (unpaired) electrons. The topological polar surface area (TPSA) is 33.4 Å². The molecule has 0 bridgehead atoms. The maximum Gasteiger partial charge on any atom is 0.198 e. The first-order valence-corrected chi connectivity index (χ1v) is 6.06. The minimum Gasteiger partial charge on any atom is -0.453 e. The minimum absolute atomic E-state index is 0.190. The van der Waals surface area contributed by atoms with E-state index in [0.29, 0.717) is 22.0 Å². The lowest BCUT2D eigenvalue weighted by Crippen LogP contribution is -2.01. The van der Waals surface area contributed by atoms with Crippen LogP contribution in [0.1, 0.15) is 17.2 Å². The molecule has 0 saturated carbocycles. The molecule has 0 fully saturated rings. The highest BCUT2D eigenvalue weighted by molar-refractivity contribution is 6.33.